The van der Waals surface area contributed by atoms with Gasteiger partial charge in [0, 0.05) is 30.5 Å². The van der Waals surface area contributed by atoms with E-state index in [2.05, 4.69) is 14.8 Å². The third-order valence-corrected chi connectivity index (χ3v) is 5.37. The molecule has 1 atom stereocenters. The fourth-order valence-electron chi connectivity index (χ4n) is 3.55. The normalized spacial score (nSPS) is 16.7. The molecule has 1 aliphatic heterocycles. The quantitative estimate of drug-likeness (QED) is 0.717. The summed E-state index contributed by atoms with van der Waals surface area (Å²) in [6.45, 7) is 1.47. The Kier molecular flexibility index (Phi) is 4.79. The molecule has 1 amide bonds. The molecule has 1 aromatic heterocycles. The number of amides is 1. The number of hydrogen-bond donors (Lipinski definition) is 1. The van der Waals surface area contributed by atoms with Crippen molar-refractivity contribution in [3.05, 3.63) is 71.9 Å². The van der Waals surface area contributed by atoms with Gasteiger partial charge in [-0.1, -0.05) is 30.3 Å². The minimum Gasteiger partial charge on any atom is -0.283 e. The number of aromatic nitrogens is 1. The number of anilines is 1. The fraction of sp³-hybridized carbons (Fsp3) is 0.190. The van der Waals surface area contributed by atoms with Crippen LogP contribution in [0.1, 0.15) is 30.5 Å². The second kappa shape index (κ2) is 7.29. The van der Waals surface area contributed by atoms with Crippen LogP contribution in [-0.4, -0.2) is 36.3 Å². The van der Waals surface area contributed by atoms with E-state index in [-0.39, 0.29) is 11.9 Å². The molecule has 0 unspecified atom stereocenters. The first-order valence-corrected chi connectivity index (χ1v) is 11.0. The van der Waals surface area contributed by atoms with E-state index in [0.717, 1.165) is 22.7 Å². The van der Waals surface area contributed by atoms with Gasteiger partial charge < -0.3 is 0 Å². The minimum atomic E-state index is -3.44. The van der Waals surface area contributed by atoms with Crippen molar-refractivity contribution in [2.45, 2.75) is 19.4 Å². The molecule has 2 heterocycles. The second-order valence-electron chi connectivity index (χ2n) is 7.01. The number of nitrogens with zero attached hydrogens (tertiary/aromatic N) is 3. The van der Waals surface area contributed by atoms with Crippen LogP contribution >= 0.6 is 0 Å². The molecule has 0 bridgehead atoms. The van der Waals surface area contributed by atoms with Gasteiger partial charge in [-0.05, 0) is 29.8 Å². The number of carbonyl (C=O) groups excluding carboxylic acids is 1. The van der Waals surface area contributed by atoms with Crippen LogP contribution in [0.15, 0.2) is 65.9 Å². The number of nitrogens with one attached hydrogen (secondary N) is 1. The van der Waals surface area contributed by atoms with E-state index >= 15 is 0 Å². The first-order valence-electron chi connectivity index (χ1n) is 9.11. The Balaban J connectivity index is 1.73. The molecule has 2 aromatic carbocycles. The lowest BCUT2D eigenvalue weighted by molar-refractivity contribution is -0.130. The number of fused-ring (bicyclic) bond motifs is 1. The summed E-state index contributed by atoms with van der Waals surface area (Å²) < 4.78 is 26.0. The maximum atomic E-state index is 12.3. The van der Waals surface area contributed by atoms with Crippen molar-refractivity contribution < 1.29 is 13.2 Å². The van der Waals surface area contributed by atoms with Crippen molar-refractivity contribution in [1.82, 2.24) is 9.99 Å². The maximum Gasteiger partial charge on any atom is 0.240 e. The van der Waals surface area contributed by atoms with E-state index in [1.807, 2.05) is 36.4 Å². The summed E-state index contributed by atoms with van der Waals surface area (Å²) in [6, 6.07) is 16.5. The summed E-state index contributed by atoms with van der Waals surface area (Å²) in [5, 5.41) is 6.99. The molecule has 0 saturated heterocycles. The number of carbonyl (C=O) groups is 1. The summed E-state index contributed by atoms with van der Waals surface area (Å²) in [7, 11) is -3.44. The van der Waals surface area contributed by atoms with Gasteiger partial charge in [0.1, 0.15) is 0 Å². The molecule has 0 saturated carbocycles. The molecule has 4 rings (SSSR count). The Morgan fingerprint density at radius 1 is 1.14 bits per heavy atom. The molecular weight excluding hydrogens is 388 g/mol. The SMILES string of the molecule is CC(=O)N1N=C(c2ccccc2NS(C)(=O)=O)C[C@@H]1c1ccc2ncccc2c1. The predicted molar refractivity (Wildman–Crippen MR) is 113 cm³/mol. The van der Waals surface area contributed by atoms with Crippen LogP contribution in [0, 0.1) is 0 Å². The van der Waals surface area contributed by atoms with Crippen molar-refractivity contribution in [2.75, 3.05) is 11.0 Å². The van der Waals surface area contributed by atoms with Gasteiger partial charge >= 0.3 is 0 Å². The molecular formula is C21H20N4O3S. The average Bonchev–Trinajstić information content (AvgIpc) is 3.12. The zero-order chi connectivity index (χ0) is 20.6. The van der Waals surface area contributed by atoms with Crippen molar-refractivity contribution in [2.24, 2.45) is 5.10 Å². The van der Waals surface area contributed by atoms with Crippen molar-refractivity contribution in [3.8, 4) is 0 Å². The molecule has 1 aliphatic rings. The molecule has 8 heteroatoms. The van der Waals surface area contributed by atoms with Crippen LogP contribution in [0.4, 0.5) is 5.69 Å². The van der Waals surface area contributed by atoms with Gasteiger partial charge in [0.2, 0.25) is 15.9 Å². The molecule has 0 aliphatic carbocycles. The van der Waals surface area contributed by atoms with Crippen molar-refractivity contribution >= 4 is 38.2 Å². The molecule has 0 spiro atoms. The van der Waals surface area contributed by atoms with Gasteiger partial charge in [-0.2, -0.15) is 5.10 Å². The van der Waals surface area contributed by atoms with Gasteiger partial charge in [-0.15, -0.1) is 0 Å². The van der Waals surface area contributed by atoms with Gasteiger partial charge in [-0.3, -0.25) is 14.5 Å². The first-order chi connectivity index (χ1) is 13.8. The monoisotopic (exact) mass is 408 g/mol. The lowest BCUT2D eigenvalue weighted by Gasteiger charge is -2.20. The number of pyridine rings is 1. The van der Waals surface area contributed by atoms with E-state index in [1.54, 1.807) is 24.4 Å². The second-order valence-corrected chi connectivity index (χ2v) is 8.75. The Morgan fingerprint density at radius 2 is 1.93 bits per heavy atom. The molecule has 0 radical (unpaired) electrons. The summed E-state index contributed by atoms with van der Waals surface area (Å²) >= 11 is 0. The molecule has 3 aromatic rings. The van der Waals surface area contributed by atoms with Crippen LogP contribution in [-0.2, 0) is 14.8 Å². The number of sulfonamides is 1. The predicted octanol–water partition coefficient (Wildman–Crippen LogP) is 3.30. The zero-order valence-corrected chi connectivity index (χ0v) is 16.8. The fourth-order valence-corrected chi connectivity index (χ4v) is 4.13. The van der Waals surface area contributed by atoms with Crippen LogP contribution < -0.4 is 4.72 Å². The number of hydrogen-bond acceptors (Lipinski definition) is 5. The third-order valence-electron chi connectivity index (χ3n) is 4.78. The standard InChI is InChI=1S/C21H20N4O3S/c1-14(26)25-21(16-9-10-18-15(12-16)6-5-11-22-18)13-20(23-25)17-7-3-4-8-19(17)24-29(2,27)28/h3-12,21,24H,13H2,1-2H3/t21-/m1/s1. The van der Waals surface area contributed by atoms with Gasteiger partial charge in [0.15, 0.2) is 0 Å². The summed E-state index contributed by atoms with van der Waals surface area (Å²) in [5.74, 6) is -0.176. The zero-order valence-electron chi connectivity index (χ0n) is 16.0. The number of hydrazone groups is 1. The summed E-state index contributed by atoms with van der Waals surface area (Å²) in [4.78, 5) is 16.6. The molecule has 1 N–H and O–H groups in total. The van der Waals surface area contributed by atoms with E-state index in [1.165, 1.54) is 11.9 Å². The highest BCUT2D eigenvalue weighted by Crippen LogP contribution is 2.35. The van der Waals surface area contributed by atoms with Crippen LogP contribution in [0.3, 0.4) is 0 Å². The maximum absolute atomic E-state index is 12.3. The lowest BCUT2D eigenvalue weighted by atomic mass is 9.96. The van der Waals surface area contributed by atoms with E-state index < -0.39 is 10.0 Å². The molecule has 0 fully saturated rings. The smallest absolute Gasteiger partial charge is 0.240 e. The molecule has 29 heavy (non-hydrogen) atoms. The van der Waals surface area contributed by atoms with E-state index in [4.69, 9.17) is 0 Å². The first kappa shape index (κ1) is 19.1. The third kappa shape index (κ3) is 3.97. The van der Waals surface area contributed by atoms with Gasteiger partial charge in [0.05, 0.1) is 29.2 Å². The summed E-state index contributed by atoms with van der Waals surface area (Å²) in [5.41, 5.74) is 3.60. The average molecular weight is 408 g/mol. The summed E-state index contributed by atoms with van der Waals surface area (Å²) in [6.07, 6.45) is 3.33. The minimum absolute atomic E-state index is 0.176. The highest BCUT2D eigenvalue weighted by Gasteiger charge is 2.32. The topological polar surface area (TPSA) is 91.7 Å². The highest BCUT2D eigenvalue weighted by atomic mass is 32.2. The van der Waals surface area contributed by atoms with E-state index in [0.29, 0.717) is 23.4 Å². The number of rotatable bonds is 4. The Labute approximate surface area is 169 Å². The van der Waals surface area contributed by atoms with Crippen LogP contribution in [0.5, 0.6) is 0 Å². The number of benzene rings is 2. The highest BCUT2D eigenvalue weighted by molar-refractivity contribution is 7.92. The largest absolute Gasteiger partial charge is 0.283 e. The van der Waals surface area contributed by atoms with Gasteiger partial charge in [-0.25, -0.2) is 13.4 Å². The van der Waals surface area contributed by atoms with Gasteiger partial charge in [0.25, 0.3) is 0 Å². The van der Waals surface area contributed by atoms with Crippen molar-refractivity contribution in [3.63, 3.8) is 0 Å². The van der Waals surface area contributed by atoms with Crippen molar-refractivity contribution in [1.29, 1.82) is 0 Å². The van der Waals surface area contributed by atoms with Crippen LogP contribution in [0.2, 0.25) is 0 Å². The Hall–Kier alpha value is -3.26. The molecule has 148 valence electrons. The number of para-hydroxylation sites is 1. The van der Waals surface area contributed by atoms with E-state index in [9.17, 15) is 13.2 Å². The van der Waals surface area contributed by atoms with Crippen LogP contribution in [0.25, 0.3) is 10.9 Å². The lowest BCUT2D eigenvalue weighted by Crippen LogP contribution is -2.24. The Bertz CT molecular complexity index is 1240. The molecule has 7 nitrogen and oxygen atoms in total. The Morgan fingerprint density at radius 3 is 2.69 bits per heavy atom.